The summed E-state index contributed by atoms with van der Waals surface area (Å²) >= 11 is 5.87. The van der Waals surface area contributed by atoms with Gasteiger partial charge in [-0.05, 0) is 35.7 Å². The van der Waals surface area contributed by atoms with E-state index in [0.717, 1.165) is 26.9 Å². The minimum atomic E-state index is -1.03. The number of H-pyrrole nitrogens is 1. The Morgan fingerprint density at radius 1 is 1.30 bits per heavy atom. The van der Waals surface area contributed by atoms with Crippen molar-refractivity contribution in [1.29, 1.82) is 0 Å². The highest BCUT2D eigenvalue weighted by Gasteiger charge is 2.33. The normalized spacial score (nSPS) is 16.2. The Hall–Kier alpha value is -3.56. The van der Waals surface area contributed by atoms with Gasteiger partial charge in [0.1, 0.15) is 17.5 Å². The van der Waals surface area contributed by atoms with E-state index < -0.39 is 24.1 Å². The lowest BCUT2D eigenvalue weighted by atomic mass is 10.0. The number of aromatic nitrogens is 1. The van der Waals surface area contributed by atoms with Crippen molar-refractivity contribution >= 4 is 39.7 Å². The topological polar surface area (TPSA) is 130 Å². The molecule has 4 rings (SSSR count). The summed E-state index contributed by atoms with van der Waals surface area (Å²) in [5.41, 5.74) is 8.53. The molecule has 2 atom stereocenters. The number of fused-ring (bicyclic) bond motifs is 1. The molecule has 1 aromatic heterocycles. The van der Waals surface area contributed by atoms with Crippen LogP contribution in [0.5, 0.6) is 5.75 Å². The number of phenols is 1. The number of nitrogens with two attached hydrogens (primary N) is 1. The molecule has 2 heterocycles. The molecule has 0 saturated carbocycles. The lowest BCUT2D eigenvalue weighted by Crippen LogP contribution is -2.50. The predicted molar refractivity (Wildman–Crippen MR) is 123 cm³/mol. The zero-order chi connectivity index (χ0) is 23.4. The van der Waals surface area contributed by atoms with Gasteiger partial charge in [0, 0.05) is 23.5 Å². The number of rotatable bonds is 7. The van der Waals surface area contributed by atoms with Crippen LogP contribution in [0.15, 0.2) is 59.9 Å². The van der Waals surface area contributed by atoms with Crippen molar-refractivity contribution in [2.45, 2.75) is 31.6 Å². The molecule has 2 aromatic carbocycles. The number of nitrogens with zero attached hydrogens (tertiary/aromatic N) is 2. The summed E-state index contributed by atoms with van der Waals surface area (Å²) in [6.07, 6.45) is 0.732. The number of oxime groups is 1. The van der Waals surface area contributed by atoms with Crippen LogP contribution in [-0.4, -0.2) is 50.9 Å². The first-order chi connectivity index (χ1) is 15.9. The van der Waals surface area contributed by atoms with E-state index >= 15 is 0 Å². The number of hydrogen-bond donors (Lipinski definition) is 3. The number of nitrogens with one attached hydrogen (secondary N) is 1. The minimum Gasteiger partial charge on any atom is -0.508 e. The molecule has 1 unspecified atom stereocenters. The highest BCUT2D eigenvalue weighted by Crippen LogP contribution is 2.24. The summed E-state index contributed by atoms with van der Waals surface area (Å²) in [7, 11) is 0. The first-order valence-corrected chi connectivity index (χ1v) is 10.7. The van der Waals surface area contributed by atoms with Crippen LogP contribution in [0, 0.1) is 0 Å². The number of phenolic OH excluding ortho intramolecular Hbond substituents is 1. The molecule has 0 bridgehead atoms. The standard InChI is InChI=1S/C23H23ClN4O5/c24-21-10-17(33-27-21)12-28(23(31)32-13-14-4-2-1-3-5-14)22(30)19(25)8-15-11-26-20-7-6-16(29)9-18(15)20/h1-7,9,11,17,19,26,29H,8,10,12-13,25H2/t17?,19-/m0/s1. The number of imide groups is 1. The average Bonchev–Trinajstić information content (AvgIpc) is 3.41. The second kappa shape index (κ2) is 9.93. The van der Waals surface area contributed by atoms with Gasteiger partial charge < -0.3 is 25.4 Å². The summed E-state index contributed by atoms with van der Waals surface area (Å²) in [4.78, 5) is 35.3. The van der Waals surface area contributed by atoms with Crippen molar-refractivity contribution in [2.24, 2.45) is 10.9 Å². The molecule has 0 aliphatic carbocycles. The Kier molecular flexibility index (Phi) is 6.81. The molecule has 1 aliphatic heterocycles. The van der Waals surface area contributed by atoms with Crippen LogP contribution < -0.4 is 5.73 Å². The smallest absolute Gasteiger partial charge is 0.417 e. The van der Waals surface area contributed by atoms with E-state index in [1.807, 2.05) is 30.3 Å². The van der Waals surface area contributed by atoms with Gasteiger partial charge in [-0.2, -0.15) is 0 Å². The maximum atomic E-state index is 13.2. The molecule has 0 fully saturated rings. The zero-order valence-electron chi connectivity index (χ0n) is 17.6. The number of ether oxygens (including phenoxy) is 1. The summed E-state index contributed by atoms with van der Waals surface area (Å²) in [6, 6.07) is 13.0. The van der Waals surface area contributed by atoms with Crippen LogP contribution in [0.2, 0.25) is 0 Å². The van der Waals surface area contributed by atoms with Gasteiger partial charge in [-0.25, -0.2) is 9.69 Å². The van der Waals surface area contributed by atoms with E-state index in [9.17, 15) is 14.7 Å². The third-order valence-electron chi connectivity index (χ3n) is 5.28. The number of halogens is 1. The van der Waals surface area contributed by atoms with Crippen molar-refractivity contribution in [2.75, 3.05) is 6.54 Å². The summed E-state index contributed by atoms with van der Waals surface area (Å²) in [6.45, 7) is -0.0995. The summed E-state index contributed by atoms with van der Waals surface area (Å²) in [5, 5.41) is 14.5. The van der Waals surface area contributed by atoms with Gasteiger partial charge in [0.15, 0.2) is 6.10 Å². The maximum Gasteiger partial charge on any atom is 0.417 e. The third kappa shape index (κ3) is 5.44. The molecule has 0 radical (unpaired) electrons. The second-order valence-electron chi connectivity index (χ2n) is 7.74. The number of aromatic amines is 1. The fourth-order valence-electron chi connectivity index (χ4n) is 3.61. The third-order valence-corrected chi connectivity index (χ3v) is 5.51. The fourth-order valence-corrected chi connectivity index (χ4v) is 3.82. The Morgan fingerprint density at radius 3 is 2.82 bits per heavy atom. The molecule has 0 spiro atoms. The number of hydrogen-bond acceptors (Lipinski definition) is 7. The SMILES string of the molecule is N[C@@H](Cc1c[nH]c2ccc(O)cc12)C(=O)N(CC1CC(Cl)=NO1)C(=O)OCc1ccccc1. The van der Waals surface area contributed by atoms with E-state index in [-0.39, 0.29) is 36.9 Å². The van der Waals surface area contributed by atoms with Crippen LogP contribution in [0.1, 0.15) is 17.5 Å². The first-order valence-electron chi connectivity index (χ1n) is 10.4. The summed E-state index contributed by atoms with van der Waals surface area (Å²) in [5.74, 6) is -0.515. The second-order valence-corrected chi connectivity index (χ2v) is 8.18. The predicted octanol–water partition coefficient (Wildman–Crippen LogP) is 3.25. The van der Waals surface area contributed by atoms with E-state index in [2.05, 4.69) is 10.1 Å². The Bertz CT molecular complexity index is 1180. The van der Waals surface area contributed by atoms with E-state index in [1.165, 1.54) is 0 Å². The van der Waals surface area contributed by atoms with E-state index in [1.54, 1.807) is 24.4 Å². The minimum absolute atomic E-state index is 0.00317. The van der Waals surface area contributed by atoms with Gasteiger partial charge in [0.2, 0.25) is 5.91 Å². The van der Waals surface area contributed by atoms with E-state index in [4.69, 9.17) is 26.9 Å². The number of carbonyl (C=O) groups excluding carboxylic acids is 2. The molecule has 0 saturated heterocycles. The zero-order valence-corrected chi connectivity index (χ0v) is 18.4. The van der Waals surface area contributed by atoms with Crippen LogP contribution in [0.25, 0.3) is 10.9 Å². The van der Waals surface area contributed by atoms with Crippen molar-refractivity contribution < 1.29 is 24.3 Å². The Balaban J connectivity index is 1.48. The van der Waals surface area contributed by atoms with Gasteiger partial charge in [-0.1, -0.05) is 47.1 Å². The molecule has 1 aliphatic rings. The van der Waals surface area contributed by atoms with E-state index in [0.29, 0.717) is 0 Å². The monoisotopic (exact) mass is 470 g/mol. The van der Waals surface area contributed by atoms with Gasteiger partial charge in [-0.3, -0.25) is 4.79 Å². The molecule has 2 amide bonds. The summed E-state index contributed by atoms with van der Waals surface area (Å²) < 4.78 is 5.37. The van der Waals surface area contributed by atoms with Gasteiger partial charge in [-0.15, -0.1) is 0 Å². The number of aromatic hydroxyl groups is 1. The van der Waals surface area contributed by atoms with Gasteiger partial charge >= 0.3 is 6.09 Å². The van der Waals surface area contributed by atoms with Gasteiger partial charge in [0.25, 0.3) is 0 Å². The fraction of sp³-hybridized carbons (Fsp3) is 0.261. The largest absolute Gasteiger partial charge is 0.508 e. The molecular formula is C23H23ClN4O5. The number of benzene rings is 2. The Labute approximate surface area is 194 Å². The van der Waals surface area contributed by atoms with Crippen LogP contribution in [0.3, 0.4) is 0 Å². The quantitative estimate of drug-likeness (QED) is 0.486. The van der Waals surface area contributed by atoms with Crippen molar-refractivity contribution in [3.63, 3.8) is 0 Å². The van der Waals surface area contributed by atoms with Crippen molar-refractivity contribution in [1.82, 2.24) is 9.88 Å². The van der Waals surface area contributed by atoms with Crippen LogP contribution in [0.4, 0.5) is 4.79 Å². The van der Waals surface area contributed by atoms with Gasteiger partial charge in [0.05, 0.1) is 12.6 Å². The Morgan fingerprint density at radius 2 is 2.09 bits per heavy atom. The number of carbonyl (C=O) groups is 2. The molecule has 33 heavy (non-hydrogen) atoms. The highest BCUT2D eigenvalue weighted by molar-refractivity contribution is 6.65. The molecule has 4 N–H and O–H groups in total. The first kappa shape index (κ1) is 22.6. The molecule has 10 heteroatoms. The van der Waals surface area contributed by atoms with Crippen LogP contribution in [-0.2, 0) is 27.4 Å². The van der Waals surface area contributed by atoms with Crippen molar-refractivity contribution in [3.8, 4) is 5.75 Å². The molecule has 172 valence electrons. The maximum absolute atomic E-state index is 13.2. The van der Waals surface area contributed by atoms with Crippen molar-refractivity contribution in [3.05, 3.63) is 65.9 Å². The molecule has 9 nitrogen and oxygen atoms in total. The lowest BCUT2D eigenvalue weighted by Gasteiger charge is -2.25. The lowest BCUT2D eigenvalue weighted by molar-refractivity contribution is -0.132. The van der Waals surface area contributed by atoms with Crippen LogP contribution >= 0.6 is 11.6 Å². The molecule has 3 aromatic rings. The number of amides is 2. The average molecular weight is 471 g/mol. The highest BCUT2D eigenvalue weighted by atomic mass is 35.5. The molecular weight excluding hydrogens is 448 g/mol.